The molecule has 0 atom stereocenters. The summed E-state index contributed by atoms with van der Waals surface area (Å²) in [6.45, 7) is 0.174. The predicted molar refractivity (Wildman–Crippen MR) is 87.0 cm³/mol. The Morgan fingerprint density at radius 2 is 1.79 bits per heavy atom. The fraction of sp³-hybridized carbons (Fsp3) is 0.111. The van der Waals surface area contributed by atoms with Crippen LogP contribution >= 0.6 is 0 Å². The maximum atomic E-state index is 12.8. The zero-order chi connectivity index (χ0) is 17.4. The van der Waals surface area contributed by atoms with Crippen LogP contribution in [0.25, 0.3) is 0 Å². The highest BCUT2D eigenvalue weighted by atomic mass is 19.1. The molecule has 6 heteroatoms. The smallest absolute Gasteiger partial charge is 0.252 e. The van der Waals surface area contributed by atoms with Gasteiger partial charge in [0, 0.05) is 5.56 Å². The van der Waals surface area contributed by atoms with Gasteiger partial charge in [-0.3, -0.25) is 9.59 Å². The van der Waals surface area contributed by atoms with Crippen LogP contribution in [-0.2, 0) is 0 Å². The van der Waals surface area contributed by atoms with Crippen LogP contribution in [0, 0.1) is 17.7 Å². The molecule has 5 nitrogen and oxygen atoms in total. The van der Waals surface area contributed by atoms with E-state index in [0.717, 1.165) is 0 Å². The van der Waals surface area contributed by atoms with Crippen molar-refractivity contribution >= 4 is 11.8 Å². The van der Waals surface area contributed by atoms with E-state index in [0.29, 0.717) is 11.3 Å². The molecule has 0 heterocycles. The van der Waals surface area contributed by atoms with Gasteiger partial charge in [0.25, 0.3) is 11.8 Å². The highest BCUT2D eigenvalue weighted by Crippen LogP contribution is 2.16. The van der Waals surface area contributed by atoms with Gasteiger partial charge in [0.2, 0.25) is 0 Å². The number of halogens is 1. The minimum Gasteiger partial charge on any atom is -0.480 e. The first-order chi connectivity index (χ1) is 11.6. The van der Waals surface area contributed by atoms with Crippen LogP contribution in [0.5, 0.6) is 5.75 Å². The van der Waals surface area contributed by atoms with Crippen LogP contribution in [-0.4, -0.2) is 25.0 Å². The molecule has 0 radical (unpaired) electrons. The van der Waals surface area contributed by atoms with Gasteiger partial charge in [0.1, 0.15) is 18.2 Å². The van der Waals surface area contributed by atoms with Crippen LogP contribution in [0.3, 0.4) is 0 Å². The quantitative estimate of drug-likeness (QED) is 0.821. The molecule has 122 valence electrons. The summed E-state index contributed by atoms with van der Waals surface area (Å²) in [5, 5.41) is 2.58. The lowest BCUT2D eigenvalue weighted by molar-refractivity contribution is 0.0956. The van der Waals surface area contributed by atoms with Gasteiger partial charge in [-0.15, -0.1) is 0 Å². The summed E-state index contributed by atoms with van der Waals surface area (Å²) >= 11 is 0. The minimum atomic E-state index is -0.579. The molecule has 2 aromatic rings. The second-order valence-corrected chi connectivity index (χ2v) is 4.69. The Morgan fingerprint density at radius 1 is 1.08 bits per heavy atom. The monoisotopic (exact) mass is 326 g/mol. The Kier molecular flexibility index (Phi) is 5.92. The number of amides is 2. The number of hydrogen-bond acceptors (Lipinski definition) is 3. The van der Waals surface area contributed by atoms with Crippen molar-refractivity contribution in [2.75, 3.05) is 13.2 Å². The second-order valence-electron chi connectivity index (χ2n) is 4.69. The first-order valence-corrected chi connectivity index (χ1v) is 7.09. The van der Waals surface area contributed by atoms with Crippen LogP contribution in [0.15, 0.2) is 48.5 Å². The fourth-order valence-corrected chi connectivity index (χ4v) is 1.85. The van der Waals surface area contributed by atoms with Crippen LogP contribution in [0.4, 0.5) is 4.39 Å². The van der Waals surface area contributed by atoms with Crippen LogP contribution in [0.1, 0.15) is 20.7 Å². The third kappa shape index (κ3) is 4.85. The summed E-state index contributed by atoms with van der Waals surface area (Å²) in [6.07, 6.45) is 0. The number of para-hydroxylation sites is 1. The van der Waals surface area contributed by atoms with E-state index in [4.69, 9.17) is 10.5 Å². The van der Waals surface area contributed by atoms with Crippen molar-refractivity contribution < 1.29 is 18.7 Å². The van der Waals surface area contributed by atoms with Gasteiger partial charge in [-0.1, -0.05) is 24.0 Å². The lowest BCUT2D eigenvalue weighted by Crippen LogP contribution is -2.23. The van der Waals surface area contributed by atoms with Crippen molar-refractivity contribution in [3.05, 3.63) is 65.5 Å². The summed E-state index contributed by atoms with van der Waals surface area (Å²) in [5.74, 6) is 4.47. The zero-order valence-corrected chi connectivity index (χ0v) is 12.7. The number of carbonyl (C=O) groups is 2. The summed E-state index contributed by atoms with van der Waals surface area (Å²) in [5.41, 5.74) is 5.87. The Balaban J connectivity index is 1.79. The third-order valence-corrected chi connectivity index (χ3v) is 3.02. The van der Waals surface area contributed by atoms with Crippen molar-refractivity contribution in [3.8, 4) is 17.6 Å². The van der Waals surface area contributed by atoms with Crippen molar-refractivity contribution in [1.82, 2.24) is 5.32 Å². The van der Waals surface area contributed by atoms with E-state index in [1.165, 1.54) is 24.3 Å². The number of primary amides is 1. The third-order valence-electron chi connectivity index (χ3n) is 3.02. The number of ether oxygens (including phenoxy) is 1. The molecule has 2 rings (SSSR count). The Labute approximate surface area is 138 Å². The van der Waals surface area contributed by atoms with Gasteiger partial charge in [-0.05, 0) is 36.4 Å². The predicted octanol–water partition coefficient (Wildman–Crippen LogP) is 1.74. The van der Waals surface area contributed by atoms with E-state index in [9.17, 15) is 14.0 Å². The van der Waals surface area contributed by atoms with Gasteiger partial charge < -0.3 is 15.8 Å². The molecule has 2 amide bonds. The highest BCUT2D eigenvalue weighted by molar-refractivity contribution is 5.95. The summed E-state index contributed by atoms with van der Waals surface area (Å²) < 4.78 is 18.1. The normalized spacial score (nSPS) is 9.54. The summed E-state index contributed by atoms with van der Waals surface area (Å²) in [6, 6.07) is 11.8. The molecule has 0 aliphatic carbocycles. The van der Waals surface area contributed by atoms with Gasteiger partial charge in [0.05, 0.1) is 12.1 Å². The summed E-state index contributed by atoms with van der Waals surface area (Å²) in [4.78, 5) is 23.0. The number of rotatable bonds is 5. The van der Waals surface area contributed by atoms with E-state index in [-0.39, 0.29) is 24.6 Å². The SMILES string of the molecule is NC(=O)c1ccccc1OCC#CCNC(=O)c1ccc(F)cc1. The number of benzene rings is 2. The number of nitrogens with one attached hydrogen (secondary N) is 1. The fourth-order valence-electron chi connectivity index (χ4n) is 1.85. The highest BCUT2D eigenvalue weighted by Gasteiger charge is 2.07. The van der Waals surface area contributed by atoms with Gasteiger partial charge in [0.15, 0.2) is 0 Å². The molecular weight excluding hydrogens is 311 g/mol. The van der Waals surface area contributed by atoms with E-state index in [1.807, 2.05) is 0 Å². The number of nitrogens with two attached hydrogens (primary N) is 1. The molecule has 0 saturated heterocycles. The van der Waals surface area contributed by atoms with Crippen molar-refractivity contribution in [2.45, 2.75) is 0 Å². The lowest BCUT2D eigenvalue weighted by atomic mass is 10.2. The molecule has 2 aromatic carbocycles. The Hall–Kier alpha value is -3.33. The summed E-state index contributed by atoms with van der Waals surface area (Å²) in [7, 11) is 0. The molecule has 0 aliphatic heterocycles. The first kappa shape index (κ1) is 17.0. The van der Waals surface area contributed by atoms with Gasteiger partial charge >= 0.3 is 0 Å². The van der Waals surface area contributed by atoms with Gasteiger partial charge in [-0.25, -0.2) is 4.39 Å². The molecule has 0 spiro atoms. The number of hydrogen-bond donors (Lipinski definition) is 2. The maximum absolute atomic E-state index is 12.8. The number of carbonyl (C=O) groups excluding carboxylic acids is 2. The van der Waals surface area contributed by atoms with Crippen LogP contribution in [0.2, 0.25) is 0 Å². The average molecular weight is 326 g/mol. The molecule has 24 heavy (non-hydrogen) atoms. The maximum Gasteiger partial charge on any atom is 0.252 e. The molecule has 0 aliphatic rings. The molecule has 0 fully saturated rings. The van der Waals surface area contributed by atoms with E-state index >= 15 is 0 Å². The molecule has 0 aromatic heterocycles. The molecule has 3 N–H and O–H groups in total. The van der Waals surface area contributed by atoms with Crippen molar-refractivity contribution in [3.63, 3.8) is 0 Å². The Morgan fingerprint density at radius 3 is 2.50 bits per heavy atom. The molecular formula is C18H15FN2O3. The van der Waals surface area contributed by atoms with Crippen molar-refractivity contribution in [2.24, 2.45) is 5.73 Å². The molecule has 0 bridgehead atoms. The van der Waals surface area contributed by atoms with E-state index in [2.05, 4.69) is 17.2 Å². The minimum absolute atomic E-state index is 0.0523. The van der Waals surface area contributed by atoms with E-state index < -0.39 is 11.7 Å². The average Bonchev–Trinajstić information content (AvgIpc) is 2.58. The zero-order valence-electron chi connectivity index (χ0n) is 12.7. The standard InChI is InChI=1S/C18H15FN2O3/c19-14-9-7-13(8-10-14)18(23)21-11-3-4-12-24-16-6-2-1-5-15(16)17(20)22/h1-2,5-10H,11-12H2,(H2,20,22)(H,21,23). The molecule has 0 saturated carbocycles. The van der Waals surface area contributed by atoms with Crippen molar-refractivity contribution in [1.29, 1.82) is 0 Å². The molecule has 0 unspecified atom stereocenters. The topological polar surface area (TPSA) is 81.4 Å². The first-order valence-electron chi connectivity index (χ1n) is 7.09. The lowest BCUT2D eigenvalue weighted by Gasteiger charge is -2.05. The second kappa shape index (κ2) is 8.34. The largest absolute Gasteiger partial charge is 0.480 e. The van der Waals surface area contributed by atoms with E-state index in [1.54, 1.807) is 24.3 Å². The Bertz CT molecular complexity index is 792. The van der Waals surface area contributed by atoms with Crippen LogP contribution < -0.4 is 15.8 Å². The van der Waals surface area contributed by atoms with Gasteiger partial charge in [-0.2, -0.15) is 0 Å².